The summed E-state index contributed by atoms with van der Waals surface area (Å²) in [5.41, 5.74) is 0.715. The predicted octanol–water partition coefficient (Wildman–Crippen LogP) is 5.60. The normalized spacial score (nSPS) is 10.3. The molecule has 7 heteroatoms. The van der Waals surface area contributed by atoms with Crippen LogP contribution in [0.1, 0.15) is 20.7 Å². The first kappa shape index (κ1) is 25.3. The summed E-state index contributed by atoms with van der Waals surface area (Å²) >= 11 is 0. The van der Waals surface area contributed by atoms with E-state index in [1.165, 1.54) is 12.1 Å². The smallest absolute Gasteiger partial charge is 0.343 e. The highest BCUT2D eigenvalue weighted by Crippen LogP contribution is 2.18. The van der Waals surface area contributed by atoms with Gasteiger partial charge in [-0.3, -0.25) is 0 Å². The molecule has 0 spiro atoms. The zero-order valence-corrected chi connectivity index (χ0v) is 20.1. The Labute approximate surface area is 215 Å². The van der Waals surface area contributed by atoms with E-state index >= 15 is 0 Å². The molecule has 0 aliphatic heterocycles. The molecule has 0 unspecified atom stereocenters. The number of hydrogen-bond acceptors (Lipinski definition) is 7. The summed E-state index contributed by atoms with van der Waals surface area (Å²) in [5.74, 6) is 1.41. The van der Waals surface area contributed by atoms with Gasteiger partial charge in [-0.15, -0.1) is 0 Å². The molecule has 0 saturated heterocycles. The zero-order chi connectivity index (χ0) is 25.7. The molecule has 0 aliphatic rings. The third kappa shape index (κ3) is 8.14. The second-order valence-electron chi connectivity index (χ2n) is 7.75. The number of ether oxygens (including phenoxy) is 5. The number of benzene rings is 4. The monoisotopic (exact) mass is 498 g/mol. The lowest BCUT2D eigenvalue weighted by atomic mass is 10.2. The molecular weight excluding hydrogens is 472 g/mol. The van der Waals surface area contributed by atoms with E-state index in [0.29, 0.717) is 41.6 Å². The van der Waals surface area contributed by atoms with Gasteiger partial charge in [0.1, 0.15) is 49.4 Å². The number of rotatable bonds is 12. The molecule has 0 amide bonds. The average Bonchev–Trinajstić information content (AvgIpc) is 2.95. The van der Waals surface area contributed by atoms with Gasteiger partial charge >= 0.3 is 11.9 Å². The van der Waals surface area contributed by atoms with Crippen LogP contribution in [0.15, 0.2) is 109 Å². The van der Waals surface area contributed by atoms with Crippen molar-refractivity contribution in [1.29, 1.82) is 0 Å². The minimum atomic E-state index is -0.521. The van der Waals surface area contributed by atoms with Crippen molar-refractivity contribution < 1.29 is 33.3 Å². The summed E-state index contributed by atoms with van der Waals surface area (Å²) in [6.07, 6.45) is 0. The van der Waals surface area contributed by atoms with Crippen molar-refractivity contribution in [2.45, 2.75) is 0 Å². The van der Waals surface area contributed by atoms with Crippen LogP contribution in [-0.2, 0) is 4.74 Å². The lowest BCUT2D eigenvalue weighted by Crippen LogP contribution is -2.12. The number of carbonyl (C=O) groups is 2. The standard InChI is InChI=1S/C30H26O7/c31-29(36-22-21-34-26-9-5-2-6-10-26)23-13-17-28(18-14-23)37-30(32)24-11-15-27(16-12-24)35-20-19-33-25-7-3-1-4-8-25/h1-18H,19-22H2. The largest absolute Gasteiger partial charge is 0.490 e. The van der Waals surface area contributed by atoms with Gasteiger partial charge in [-0.25, -0.2) is 9.59 Å². The van der Waals surface area contributed by atoms with Crippen molar-refractivity contribution in [1.82, 2.24) is 0 Å². The first-order valence-corrected chi connectivity index (χ1v) is 11.8. The van der Waals surface area contributed by atoms with Crippen LogP contribution in [0.5, 0.6) is 23.0 Å². The molecule has 0 N–H and O–H groups in total. The molecule has 0 aliphatic carbocycles. The molecule has 188 valence electrons. The molecule has 0 heterocycles. The number of carbonyl (C=O) groups excluding carboxylic acids is 2. The number of para-hydroxylation sites is 2. The Balaban J connectivity index is 1.17. The first-order valence-electron chi connectivity index (χ1n) is 11.8. The Kier molecular flexibility index (Phi) is 9.13. The second kappa shape index (κ2) is 13.3. The van der Waals surface area contributed by atoms with Gasteiger partial charge in [0.25, 0.3) is 0 Å². The highest BCUT2D eigenvalue weighted by atomic mass is 16.6. The van der Waals surface area contributed by atoms with Gasteiger partial charge < -0.3 is 23.7 Å². The molecule has 0 aromatic heterocycles. The third-order valence-corrected chi connectivity index (χ3v) is 5.08. The molecule has 4 rings (SSSR count). The fourth-order valence-corrected chi connectivity index (χ4v) is 3.24. The number of hydrogen-bond donors (Lipinski definition) is 0. The Morgan fingerprint density at radius 2 is 0.838 bits per heavy atom. The van der Waals surface area contributed by atoms with Crippen LogP contribution in [0.4, 0.5) is 0 Å². The molecule has 0 bridgehead atoms. The Hall–Kier alpha value is -4.78. The summed E-state index contributed by atoms with van der Waals surface area (Å²) < 4.78 is 27.3. The highest BCUT2D eigenvalue weighted by Gasteiger charge is 2.11. The first-order chi connectivity index (χ1) is 18.2. The van der Waals surface area contributed by atoms with Crippen LogP contribution in [-0.4, -0.2) is 38.4 Å². The SMILES string of the molecule is O=C(OCCOc1ccccc1)c1ccc(OC(=O)c2ccc(OCCOc3ccccc3)cc2)cc1. The Morgan fingerprint density at radius 3 is 1.35 bits per heavy atom. The number of esters is 2. The van der Waals surface area contributed by atoms with Gasteiger partial charge in [0, 0.05) is 0 Å². The minimum Gasteiger partial charge on any atom is -0.490 e. The van der Waals surface area contributed by atoms with Crippen molar-refractivity contribution in [2.24, 2.45) is 0 Å². The molecule has 0 fully saturated rings. The summed E-state index contributed by atoms with van der Waals surface area (Å²) in [4.78, 5) is 24.7. The van der Waals surface area contributed by atoms with Gasteiger partial charge in [0.05, 0.1) is 11.1 Å². The molecule has 0 radical (unpaired) electrons. The van der Waals surface area contributed by atoms with Gasteiger partial charge in [0.15, 0.2) is 0 Å². The van der Waals surface area contributed by atoms with E-state index < -0.39 is 11.9 Å². The van der Waals surface area contributed by atoms with Crippen molar-refractivity contribution in [3.63, 3.8) is 0 Å². The van der Waals surface area contributed by atoms with Gasteiger partial charge in [-0.2, -0.15) is 0 Å². The van der Waals surface area contributed by atoms with Gasteiger partial charge in [-0.05, 0) is 72.8 Å². The van der Waals surface area contributed by atoms with E-state index in [1.807, 2.05) is 60.7 Å². The van der Waals surface area contributed by atoms with Crippen molar-refractivity contribution in [2.75, 3.05) is 26.4 Å². The van der Waals surface area contributed by atoms with E-state index in [4.69, 9.17) is 23.7 Å². The molecule has 4 aromatic carbocycles. The highest BCUT2D eigenvalue weighted by molar-refractivity contribution is 5.92. The third-order valence-electron chi connectivity index (χ3n) is 5.08. The predicted molar refractivity (Wildman–Crippen MR) is 137 cm³/mol. The van der Waals surface area contributed by atoms with Crippen molar-refractivity contribution in [3.05, 3.63) is 120 Å². The summed E-state index contributed by atoms with van der Waals surface area (Å²) in [5, 5.41) is 0. The zero-order valence-electron chi connectivity index (χ0n) is 20.1. The van der Waals surface area contributed by atoms with Gasteiger partial charge in [0.2, 0.25) is 0 Å². The molecule has 0 saturated carbocycles. The average molecular weight is 499 g/mol. The van der Waals surface area contributed by atoms with Crippen molar-refractivity contribution >= 4 is 11.9 Å². The minimum absolute atomic E-state index is 0.115. The molecular formula is C30H26O7. The maximum Gasteiger partial charge on any atom is 0.343 e. The maximum atomic E-state index is 12.5. The van der Waals surface area contributed by atoms with Crippen LogP contribution in [0.2, 0.25) is 0 Å². The van der Waals surface area contributed by atoms with E-state index in [-0.39, 0.29) is 13.2 Å². The Morgan fingerprint density at radius 1 is 0.432 bits per heavy atom. The Bertz CT molecular complexity index is 1260. The van der Waals surface area contributed by atoms with Crippen LogP contribution in [0, 0.1) is 0 Å². The fraction of sp³-hybridized carbons (Fsp3) is 0.133. The topological polar surface area (TPSA) is 80.3 Å². The lowest BCUT2D eigenvalue weighted by molar-refractivity contribution is 0.0450. The quantitative estimate of drug-likeness (QED) is 0.143. The maximum absolute atomic E-state index is 12.5. The molecule has 0 atom stereocenters. The molecule has 37 heavy (non-hydrogen) atoms. The van der Waals surface area contributed by atoms with Crippen LogP contribution in [0.25, 0.3) is 0 Å². The summed E-state index contributed by atoms with van der Waals surface area (Å²) in [6, 6.07) is 31.6. The van der Waals surface area contributed by atoms with E-state index in [9.17, 15) is 9.59 Å². The van der Waals surface area contributed by atoms with Crippen LogP contribution >= 0.6 is 0 Å². The van der Waals surface area contributed by atoms with Crippen LogP contribution < -0.4 is 18.9 Å². The van der Waals surface area contributed by atoms with E-state index in [2.05, 4.69) is 0 Å². The second-order valence-corrected chi connectivity index (χ2v) is 7.75. The summed E-state index contributed by atoms with van der Waals surface area (Å²) in [7, 11) is 0. The molecule has 4 aromatic rings. The van der Waals surface area contributed by atoms with Crippen LogP contribution in [0.3, 0.4) is 0 Å². The van der Waals surface area contributed by atoms with Crippen molar-refractivity contribution in [3.8, 4) is 23.0 Å². The molecule has 7 nitrogen and oxygen atoms in total. The van der Waals surface area contributed by atoms with E-state index in [1.54, 1.807) is 36.4 Å². The fourth-order valence-electron chi connectivity index (χ4n) is 3.24. The van der Waals surface area contributed by atoms with Gasteiger partial charge in [-0.1, -0.05) is 36.4 Å². The summed E-state index contributed by atoms with van der Waals surface area (Å²) in [6.45, 7) is 1.13. The lowest BCUT2D eigenvalue weighted by Gasteiger charge is -2.09. The van der Waals surface area contributed by atoms with E-state index in [0.717, 1.165) is 5.75 Å².